The highest BCUT2D eigenvalue weighted by molar-refractivity contribution is 5.21. The summed E-state index contributed by atoms with van der Waals surface area (Å²) in [6.07, 6.45) is 3.65. The lowest BCUT2D eigenvalue weighted by atomic mass is 10.1. The summed E-state index contributed by atoms with van der Waals surface area (Å²) >= 11 is 0. The first-order valence-electron chi connectivity index (χ1n) is 6.05. The molecule has 2 nitrogen and oxygen atoms in total. The Kier molecular flexibility index (Phi) is 4.05. The Morgan fingerprint density at radius 2 is 2.06 bits per heavy atom. The Hall–Kier alpha value is -1.74. The Balaban J connectivity index is 2.00. The maximum atomic E-state index is 13.6. The second-order valence-electron chi connectivity index (χ2n) is 4.49. The van der Waals surface area contributed by atoms with Crippen LogP contribution >= 0.6 is 0 Å². The summed E-state index contributed by atoms with van der Waals surface area (Å²) in [5.41, 5.74) is 2.93. The van der Waals surface area contributed by atoms with Gasteiger partial charge in [0.15, 0.2) is 0 Å². The number of aromatic nitrogens is 1. The van der Waals surface area contributed by atoms with E-state index in [-0.39, 0.29) is 11.9 Å². The van der Waals surface area contributed by atoms with Gasteiger partial charge in [0.2, 0.25) is 0 Å². The predicted molar refractivity (Wildman–Crippen MR) is 70.6 cm³/mol. The lowest BCUT2D eigenvalue weighted by Gasteiger charge is -2.15. The number of pyridine rings is 1. The summed E-state index contributed by atoms with van der Waals surface area (Å²) in [6.45, 7) is 4.66. The minimum absolute atomic E-state index is 0.0216. The van der Waals surface area contributed by atoms with Gasteiger partial charge in [-0.3, -0.25) is 4.98 Å². The SMILES string of the molecule is Cc1cncc(CN[C@H](C)c2ccccc2F)c1. The molecule has 0 saturated carbocycles. The van der Waals surface area contributed by atoms with Crippen LogP contribution in [0.2, 0.25) is 0 Å². The van der Waals surface area contributed by atoms with E-state index in [1.54, 1.807) is 6.07 Å². The molecule has 0 saturated heterocycles. The lowest BCUT2D eigenvalue weighted by Crippen LogP contribution is -2.19. The highest BCUT2D eigenvalue weighted by Gasteiger charge is 2.09. The molecule has 1 heterocycles. The van der Waals surface area contributed by atoms with Crippen molar-refractivity contribution in [3.05, 3.63) is 65.2 Å². The smallest absolute Gasteiger partial charge is 0.127 e. The Labute approximate surface area is 107 Å². The highest BCUT2D eigenvalue weighted by Crippen LogP contribution is 2.16. The molecule has 0 radical (unpaired) electrons. The highest BCUT2D eigenvalue weighted by atomic mass is 19.1. The van der Waals surface area contributed by atoms with Crippen molar-refractivity contribution in [3.63, 3.8) is 0 Å². The van der Waals surface area contributed by atoms with E-state index in [4.69, 9.17) is 0 Å². The first-order valence-corrected chi connectivity index (χ1v) is 6.05. The van der Waals surface area contributed by atoms with Crippen LogP contribution in [0, 0.1) is 12.7 Å². The summed E-state index contributed by atoms with van der Waals surface area (Å²) in [4.78, 5) is 4.14. The largest absolute Gasteiger partial charge is 0.306 e. The maximum absolute atomic E-state index is 13.6. The van der Waals surface area contributed by atoms with Gasteiger partial charge in [-0.25, -0.2) is 4.39 Å². The second-order valence-corrected chi connectivity index (χ2v) is 4.49. The zero-order valence-electron chi connectivity index (χ0n) is 10.7. The van der Waals surface area contributed by atoms with Gasteiger partial charge in [0, 0.05) is 30.5 Å². The molecule has 3 heteroatoms. The zero-order valence-corrected chi connectivity index (χ0v) is 10.7. The van der Waals surface area contributed by atoms with E-state index >= 15 is 0 Å². The van der Waals surface area contributed by atoms with Gasteiger partial charge >= 0.3 is 0 Å². The molecule has 1 N–H and O–H groups in total. The molecule has 0 fully saturated rings. The first kappa shape index (κ1) is 12.7. The van der Waals surface area contributed by atoms with Gasteiger partial charge < -0.3 is 5.32 Å². The molecule has 1 aromatic heterocycles. The molecule has 94 valence electrons. The summed E-state index contributed by atoms with van der Waals surface area (Å²) in [7, 11) is 0. The molecule has 0 aliphatic carbocycles. The van der Waals surface area contributed by atoms with Crippen molar-refractivity contribution in [3.8, 4) is 0 Å². The number of aryl methyl sites for hydroxylation is 1. The third-order valence-electron chi connectivity index (χ3n) is 2.92. The van der Waals surface area contributed by atoms with E-state index in [9.17, 15) is 4.39 Å². The summed E-state index contributed by atoms with van der Waals surface area (Å²) < 4.78 is 13.6. The van der Waals surface area contributed by atoms with Crippen LogP contribution in [0.1, 0.15) is 29.7 Å². The Bertz CT molecular complexity index is 525. The van der Waals surface area contributed by atoms with Crippen LogP contribution < -0.4 is 5.32 Å². The fraction of sp³-hybridized carbons (Fsp3) is 0.267. The van der Waals surface area contributed by atoms with Crippen molar-refractivity contribution in [2.45, 2.75) is 26.4 Å². The van der Waals surface area contributed by atoms with Crippen LogP contribution in [0.5, 0.6) is 0 Å². The van der Waals surface area contributed by atoms with Gasteiger partial charge in [-0.2, -0.15) is 0 Å². The fourth-order valence-electron chi connectivity index (χ4n) is 1.92. The van der Waals surface area contributed by atoms with E-state index in [1.807, 2.05) is 38.4 Å². The zero-order chi connectivity index (χ0) is 13.0. The molecule has 0 aliphatic heterocycles. The molecule has 1 atom stereocenters. The minimum atomic E-state index is -0.167. The maximum Gasteiger partial charge on any atom is 0.127 e. The molecule has 2 rings (SSSR count). The Morgan fingerprint density at radius 1 is 1.28 bits per heavy atom. The molecule has 0 amide bonds. The lowest BCUT2D eigenvalue weighted by molar-refractivity contribution is 0.528. The van der Waals surface area contributed by atoms with Gasteiger partial charge in [-0.1, -0.05) is 24.3 Å². The van der Waals surface area contributed by atoms with Crippen LogP contribution in [-0.2, 0) is 6.54 Å². The van der Waals surface area contributed by atoms with Crippen LogP contribution in [0.4, 0.5) is 4.39 Å². The second kappa shape index (κ2) is 5.74. The topological polar surface area (TPSA) is 24.9 Å². The summed E-state index contributed by atoms with van der Waals surface area (Å²) in [6, 6.07) is 8.91. The minimum Gasteiger partial charge on any atom is -0.306 e. The van der Waals surface area contributed by atoms with Crippen molar-refractivity contribution in [2.75, 3.05) is 0 Å². The Morgan fingerprint density at radius 3 is 2.78 bits per heavy atom. The van der Waals surface area contributed by atoms with Gasteiger partial charge in [-0.05, 0) is 31.0 Å². The molecular formula is C15H17FN2. The van der Waals surface area contributed by atoms with Crippen molar-refractivity contribution in [1.82, 2.24) is 10.3 Å². The number of nitrogens with zero attached hydrogens (tertiary/aromatic N) is 1. The molecule has 0 bridgehead atoms. The molecule has 2 aromatic rings. The van der Waals surface area contributed by atoms with E-state index < -0.39 is 0 Å². The van der Waals surface area contributed by atoms with Crippen LogP contribution in [0.3, 0.4) is 0 Å². The van der Waals surface area contributed by atoms with E-state index in [0.717, 1.165) is 11.1 Å². The van der Waals surface area contributed by atoms with Gasteiger partial charge in [0.25, 0.3) is 0 Å². The standard InChI is InChI=1S/C15H17FN2/c1-11-7-13(9-17-8-11)10-18-12(2)14-5-3-4-6-15(14)16/h3-9,12,18H,10H2,1-2H3/t12-/m1/s1. The monoisotopic (exact) mass is 244 g/mol. The number of halogens is 1. The quantitative estimate of drug-likeness (QED) is 0.891. The summed E-state index contributed by atoms with van der Waals surface area (Å²) in [5, 5.41) is 3.30. The van der Waals surface area contributed by atoms with Crippen LogP contribution in [0.15, 0.2) is 42.7 Å². The summed E-state index contributed by atoms with van der Waals surface area (Å²) in [5.74, 6) is -0.167. The normalized spacial score (nSPS) is 12.4. The number of hydrogen-bond acceptors (Lipinski definition) is 2. The predicted octanol–water partition coefficient (Wildman–Crippen LogP) is 3.38. The van der Waals surface area contributed by atoms with Crippen molar-refractivity contribution in [2.24, 2.45) is 0 Å². The average Bonchev–Trinajstić information content (AvgIpc) is 2.37. The molecule has 1 aromatic carbocycles. The van der Waals surface area contributed by atoms with E-state index in [1.165, 1.54) is 6.07 Å². The molecule has 18 heavy (non-hydrogen) atoms. The van der Waals surface area contributed by atoms with Crippen molar-refractivity contribution >= 4 is 0 Å². The third kappa shape index (κ3) is 3.14. The molecule has 0 aliphatic rings. The molecular weight excluding hydrogens is 227 g/mol. The van der Waals surface area contributed by atoms with Gasteiger partial charge in [-0.15, -0.1) is 0 Å². The van der Waals surface area contributed by atoms with Crippen molar-refractivity contribution < 1.29 is 4.39 Å². The number of rotatable bonds is 4. The van der Waals surface area contributed by atoms with Crippen LogP contribution in [0.25, 0.3) is 0 Å². The number of nitrogens with one attached hydrogen (secondary N) is 1. The third-order valence-corrected chi connectivity index (χ3v) is 2.92. The molecule has 0 unspecified atom stereocenters. The number of hydrogen-bond donors (Lipinski definition) is 1. The average molecular weight is 244 g/mol. The van der Waals surface area contributed by atoms with E-state index in [0.29, 0.717) is 12.1 Å². The molecule has 0 spiro atoms. The van der Waals surface area contributed by atoms with E-state index in [2.05, 4.69) is 16.4 Å². The number of benzene rings is 1. The fourth-order valence-corrected chi connectivity index (χ4v) is 1.92. The van der Waals surface area contributed by atoms with Gasteiger partial charge in [0.1, 0.15) is 5.82 Å². The first-order chi connectivity index (χ1) is 8.66. The van der Waals surface area contributed by atoms with Crippen LogP contribution in [-0.4, -0.2) is 4.98 Å². The van der Waals surface area contributed by atoms with Gasteiger partial charge in [0.05, 0.1) is 0 Å². The van der Waals surface area contributed by atoms with Crippen molar-refractivity contribution in [1.29, 1.82) is 0 Å².